The maximum absolute atomic E-state index is 13.2. The number of anilines is 2. The standard InChI is InChI=1S/C25H28N6O3/c1-4-19-13-17(2)23(27-16-19)28-7-9-29(10-8-28)24(33)22-6-5-21(14-20(22)15-26)31-12-11-30(18(3)32)25(31)34/h5-6,13-14,16H,4,7-12H2,1-3H3. The van der Waals surface area contributed by atoms with Gasteiger partial charge in [-0.3, -0.25) is 19.4 Å². The Morgan fingerprint density at radius 3 is 2.41 bits per heavy atom. The van der Waals surface area contributed by atoms with Gasteiger partial charge in [0, 0.05) is 58.1 Å². The average molecular weight is 461 g/mol. The Morgan fingerprint density at radius 1 is 1.09 bits per heavy atom. The minimum absolute atomic E-state index is 0.202. The minimum Gasteiger partial charge on any atom is -0.353 e. The Hall–Kier alpha value is -3.93. The molecule has 34 heavy (non-hydrogen) atoms. The molecular weight excluding hydrogens is 432 g/mol. The van der Waals surface area contributed by atoms with Crippen molar-refractivity contribution >= 4 is 29.4 Å². The molecule has 0 N–H and O–H groups in total. The van der Waals surface area contributed by atoms with Crippen LogP contribution in [0.25, 0.3) is 0 Å². The number of imide groups is 1. The van der Waals surface area contributed by atoms with E-state index in [1.165, 1.54) is 17.4 Å². The van der Waals surface area contributed by atoms with Crippen molar-refractivity contribution in [3.63, 3.8) is 0 Å². The van der Waals surface area contributed by atoms with E-state index in [-0.39, 0.29) is 17.4 Å². The van der Waals surface area contributed by atoms with Crippen LogP contribution in [0.1, 0.15) is 40.9 Å². The molecule has 2 aliphatic heterocycles. The molecule has 0 aliphatic carbocycles. The summed E-state index contributed by atoms with van der Waals surface area (Å²) in [6.07, 6.45) is 2.85. The van der Waals surface area contributed by atoms with Gasteiger partial charge in [-0.25, -0.2) is 9.78 Å². The zero-order valence-electron chi connectivity index (χ0n) is 19.7. The number of carbonyl (C=O) groups is 3. The molecule has 0 saturated carbocycles. The number of pyridine rings is 1. The molecule has 0 radical (unpaired) electrons. The third-order valence-corrected chi connectivity index (χ3v) is 6.44. The van der Waals surface area contributed by atoms with Crippen LogP contribution in [0, 0.1) is 18.3 Å². The van der Waals surface area contributed by atoms with E-state index in [4.69, 9.17) is 0 Å². The highest BCUT2D eigenvalue weighted by Crippen LogP contribution is 2.25. The number of hydrogen-bond acceptors (Lipinski definition) is 6. The van der Waals surface area contributed by atoms with E-state index in [9.17, 15) is 19.6 Å². The summed E-state index contributed by atoms with van der Waals surface area (Å²) in [7, 11) is 0. The molecule has 2 aromatic rings. The highest BCUT2D eigenvalue weighted by atomic mass is 16.2. The van der Waals surface area contributed by atoms with Gasteiger partial charge in [-0.05, 0) is 42.7 Å². The van der Waals surface area contributed by atoms with Crippen LogP contribution in [-0.2, 0) is 11.2 Å². The second kappa shape index (κ2) is 9.51. The van der Waals surface area contributed by atoms with E-state index in [2.05, 4.69) is 35.9 Å². The van der Waals surface area contributed by atoms with Gasteiger partial charge in [0.2, 0.25) is 5.91 Å². The van der Waals surface area contributed by atoms with E-state index in [1.807, 2.05) is 6.20 Å². The van der Waals surface area contributed by atoms with E-state index < -0.39 is 6.03 Å². The summed E-state index contributed by atoms with van der Waals surface area (Å²) < 4.78 is 0. The van der Waals surface area contributed by atoms with Crippen molar-refractivity contribution in [2.45, 2.75) is 27.2 Å². The number of piperazine rings is 1. The molecule has 0 bridgehead atoms. The summed E-state index contributed by atoms with van der Waals surface area (Å²) in [6, 6.07) is 8.64. The van der Waals surface area contributed by atoms with E-state index in [0.29, 0.717) is 50.5 Å². The number of aryl methyl sites for hydroxylation is 2. The third kappa shape index (κ3) is 4.31. The molecule has 2 aliphatic rings. The number of rotatable bonds is 4. The number of urea groups is 1. The molecule has 4 amide bonds. The Labute approximate surface area is 199 Å². The fourth-order valence-corrected chi connectivity index (χ4v) is 4.49. The lowest BCUT2D eigenvalue weighted by molar-refractivity contribution is -0.125. The third-order valence-electron chi connectivity index (χ3n) is 6.44. The van der Waals surface area contributed by atoms with Crippen molar-refractivity contribution in [1.29, 1.82) is 5.26 Å². The fraction of sp³-hybridized carbons (Fsp3) is 0.400. The van der Waals surface area contributed by atoms with Gasteiger partial charge in [0.05, 0.1) is 11.1 Å². The summed E-state index contributed by atoms with van der Waals surface area (Å²) in [5, 5.41) is 9.70. The van der Waals surface area contributed by atoms with Crippen molar-refractivity contribution < 1.29 is 14.4 Å². The van der Waals surface area contributed by atoms with Crippen molar-refractivity contribution in [3.05, 3.63) is 52.7 Å². The molecule has 9 nitrogen and oxygen atoms in total. The van der Waals surface area contributed by atoms with Crippen LogP contribution in [0.4, 0.5) is 16.3 Å². The molecule has 2 fully saturated rings. The SMILES string of the molecule is CCc1cnc(N2CCN(C(=O)c3ccc(N4CCN(C(C)=O)C4=O)cc3C#N)CC2)c(C)c1. The predicted octanol–water partition coefficient (Wildman–Crippen LogP) is 2.58. The van der Waals surface area contributed by atoms with Crippen molar-refractivity contribution in [2.75, 3.05) is 49.1 Å². The monoisotopic (exact) mass is 460 g/mol. The Balaban J connectivity index is 1.46. The van der Waals surface area contributed by atoms with Crippen LogP contribution in [0.3, 0.4) is 0 Å². The van der Waals surface area contributed by atoms with Crippen LogP contribution in [-0.4, -0.2) is 71.9 Å². The second-order valence-corrected chi connectivity index (χ2v) is 8.56. The number of nitriles is 1. The number of carbonyl (C=O) groups excluding carboxylic acids is 3. The van der Waals surface area contributed by atoms with E-state index >= 15 is 0 Å². The van der Waals surface area contributed by atoms with Crippen LogP contribution in [0.5, 0.6) is 0 Å². The quantitative estimate of drug-likeness (QED) is 0.695. The molecule has 0 unspecified atom stereocenters. The zero-order chi connectivity index (χ0) is 24.4. The van der Waals surface area contributed by atoms with E-state index in [1.54, 1.807) is 23.1 Å². The zero-order valence-corrected chi connectivity index (χ0v) is 19.7. The first-order valence-electron chi connectivity index (χ1n) is 11.5. The molecule has 1 aromatic heterocycles. The van der Waals surface area contributed by atoms with Gasteiger partial charge in [0.15, 0.2) is 0 Å². The van der Waals surface area contributed by atoms with Gasteiger partial charge in [-0.15, -0.1) is 0 Å². The summed E-state index contributed by atoms with van der Waals surface area (Å²) in [6.45, 7) is 8.54. The molecule has 176 valence electrons. The summed E-state index contributed by atoms with van der Waals surface area (Å²) in [4.78, 5) is 48.5. The highest BCUT2D eigenvalue weighted by molar-refractivity contribution is 6.04. The molecule has 1 aromatic carbocycles. The maximum Gasteiger partial charge on any atom is 0.331 e. The highest BCUT2D eigenvalue weighted by Gasteiger charge is 2.33. The molecule has 3 heterocycles. The summed E-state index contributed by atoms with van der Waals surface area (Å²) >= 11 is 0. The Kier molecular flexibility index (Phi) is 6.50. The Morgan fingerprint density at radius 2 is 1.82 bits per heavy atom. The maximum atomic E-state index is 13.2. The largest absolute Gasteiger partial charge is 0.353 e. The van der Waals surface area contributed by atoms with Gasteiger partial charge < -0.3 is 9.80 Å². The van der Waals surface area contributed by atoms with Crippen LogP contribution < -0.4 is 9.80 Å². The first-order chi connectivity index (χ1) is 16.3. The molecule has 0 atom stereocenters. The normalized spacial score (nSPS) is 16.1. The summed E-state index contributed by atoms with van der Waals surface area (Å²) in [5.74, 6) is 0.429. The number of nitrogens with zero attached hydrogens (tertiary/aromatic N) is 6. The first kappa shape index (κ1) is 23.2. The smallest absolute Gasteiger partial charge is 0.331 e. The van der Waals surface area contributed by atoms with Crippen LogP contribution in [0.15, 0.2) is 30.5 Å². The van der Waals surface area contributed by atoms with Gasteiger partial charge in [-0.2, -0.15) is 5.26 Å². The molecule has 9 heteroatoms. The van der Waals surface area contributed by atoms with Crippen molar-refractivity contribution in [2.24, 2.45) is 0 Å². The second-order valence-electron chi connectivity index (χ2n) is 8.56. The lowest BCUT2D eigenvalue weighted by Gasteiger charge is -2.36. The molecule has 4 rings (SSSR count). The van der Waals surface area contributed by atoms with Gasteiger partial charge >= 0.3 is 6.03 Å². The molecule has 0 spiro atoms. The van der Waals surface area contributed by atoms with Gasteiger partial charge in [0.1, 0.15) is 11.9 Å². The summed E-state index contributed by atoms with van der Waals surface area (Å²) in [5.41, 5.74) is 3.36. The van der Waals surface area contributed by atoms with Gasteiger partial charge in [-0.1, -0.05) is 13.0 Å². The van der Waals surface area contributed by atoms with Crippen molar-refractivity contribution in [1.82, 2.24) is 14.8 Å². The lowest BCUT2D eigenvalue weighted by Crippen LogP contribution is -2.49. The minimum atomic E-state index is -0.414. The van der Waals surface area contributed by atoms with Gasteiger partial charge in [0.25, 0.3) is 5.91 Å². The van der Waals surface area contributed by atoms with Crippen molar-refractivity contribution in [3.8, 4) is 6.07 Å². The Bertz CT molecular complexity index is 1180. The molecule has 2 saturated heterocycles. The predicted molar refractivity (Wildman–Crippen MR) is 128 cm³/mol. The fourth-order valence-electron chi connectivity index (χ4n) is 4.49. The van der Waals surface area contributed by atoms with Crippen LogP contribution >= 0.6 is 0 Å². The number of hydrogen-bond donors (Lipinski definition) is 0. The average Bonchev–Trinajstić information content (AvgIpc) is 3.24. The lowest BCUT2D eigenvalue weighted by atomic mass is 10.0. The topological polar surface area (TPSA) is 101 Å². The first-order valence-corrected chi connectivity index (χ1v) is 11.5. The number of benzene rings is 1. The van der Waals surface area contributed by atoms with E-state index in [0.717, 1.165) is 22.7 Å². The number of aromatic nitrogens is 1. The number of amides is 4. The van der Waals surface area contributed by atoms with Crippen LogP contribution in [0.2, 0.25) is 0 Å². The molecular formula is C25H28N6O3.